The number of urea groups is 1. The summed E-state index contributed by atoms with van der Waals surface area (Å²) in [4.78, 5) is 16.7. The van der Waals surface area contributed by atoms with Gasteiger partial charge in [0.2, 0.25) is 0 Å². The first-order valence-corrected chi connectivity index (χ1v) is 6.37. The van der Waals surface area contributed by atoms with Crippen LogP contribution in [0, 0.1) is 0 Å². The second-order valence-electron chi connectivity index (χ2n) is 4.77. The molecule has 0 radical (unpaired) electrons. The maximum absolute atomic E-state index is 11.0. The van der Waals surface area contributed by atoms with Gasteiger partial charge in [-0.3, -0.25) is 4.98 Å². The lowest BCUT2D eigenvalue weighted by Crippen LogP contribution is -2.47. The molecule has 2 amide bonds. The maximum Gasteiger partial charge on any atom is 0.314 e. The Bertz CT molecular complexity index is 387. The molecule has 1 atom stereocenters. The summed E-state index contributed by atoms with van der Waals surface area (Å²) in [5, 5.41) is 3.59. The first kappa shape index (κ1) is 12.8. The zero-order valence-electron chi connectivity index (χ0n) is 10.7. The molecule has 1 aliphatic heterocycles. The number of carbonyl (C=O) groups excluding carboxylic acids is 1. The van der Waals surface area contributed by atoms with E-state index in [1.54, 1.807) is 4.90 Å². The minimum atomic E-state index is -0.310. The minimum Gasteiger partial charge on any atom is -0.351 e. The number of primary amides is 1. The molecule has 98 valence electrons. The van der Waals surface area contributed by atoms with Crippen LogP contribution >= 0.6 is 0 Å². The van der Waals surface area contributed by atoms with Gasteiger partial charge in [0.1, 0.15) is 0 Å². The van der Waals surface area contributed by atoms with E-state index in [0.29, 0.717) is 12.1 Å². The number of aromatic nitrogens is 1. The van der Waals surface area contributed by atoms with Crippen LogP contribution in [0.15, 0.2) is 24.5 Å². The number of amides is 2. The number of hydrogen-bond acceptors (Lipinski definition) is 3. The van der Waals surface area contributed by atoms with Crippen molar-refractivity contribution in [1.82, 2.24) is 15.2 Å². The van der Waals surface area contributed by atoms with Crippen LogP contribution in [-0.2, 0) is 0 Å². The smallest absolute Gasteiger partial charge is 0.314 e. The highest BCUT2D eigenvalue weighted by atomic mass is 16.2. The molecule has 5 nitrogen and oxygen atoms in total. The third kappa shape index (κ3) is 3.20. The molecule has 2 heterocycles. The summed E-state index contributed by atoms with van der Waals surface area (Å²) < 4.78 is 0. The number of pyridine rings is 1. The molecule has 1 aromatic heterocycles. The van der Waals surface area contributed by atoms with Crippen molar-refractivity contribution < 1.29 is 4.79 Å². The van der Waals surface area contributed by atoms with Crippen molar-refractivity contribution in [2.24, 2.45) is 5.73 Å². The van der Waals surface area contributed by atoms with Crippen molar-refractivity contribution in [2.45, 2.75) is 31.8 Å². The topological polar surface area (TPSA) is 71.2 Å². The number of rotatable bonds is 3. The Morgan fingerprint density at radius 3 is 2.61 bits per heavy atom. The van der Waals surface area contributed by atoms with Gasteiger partial charge in [0.25, 0.3) is 0 Å². The van der Waals surface area contributed by atoms with Crippen LogP contribution in [0.1, 0.15) is 31.4 Å². The van der Waals surface area contributed by atoms with Crippen LogP contribution in [0.25, 0.3) is 0 Å². The Kier molecular flexibility index (Phi) is 4.15. The van der Waals surface area contributed by atoms with Crippen molar-refractivity contribution in [3.05, 3.63) is 30.1 Å². The standard InChI is InChI=1S/C13H20N4O/c1-10(11-2-6-15-7-3-11)16-12-4-8-17(9-5-12)13(14)18/h2-3,6-7,10,12,16H,4-5,8-9H2,1H3,(H2,14,18)/t10-/m1/s1. The highest BCUT2D eigenvalue weighted by molar-refractivity contribution is 5.72. The van der Waals surface area contributed by atoms with E-state index in [4.69, 9.17) is 5.73 Å². The van der Waals surface area contributed by atoms with Crippen LogP contribution in [0.2, 0.25) is 0 Å². The predicted molar refractivity (Wildman–Crippen MR) is 70.0 cm³/mol. The quantitative estimate of drug-likeness (QED) is 0.846. The number of piperidine rings is 1. The van der Waals surface area contributed by atoms with Crippen molar-refractivity contribution in [1.29, 1.82) is 0 Å². The average molecular weight is 248 g/mol. The van der Waals surface area contributed by atoms with Gasteiger partial charge in [0, 0.05) is 37.6 Å². The molecule has 1 aliphatic rings. The van der Waals surface area contributed by atoms with E-state index in [9.17, 15) is 4.79 Å². The van der Waals surface area contributed by atoms with Crippen LogP contribution in [-0.4, -0.2) is 35.0 Å². The monoisotopic (exact) mass is 248 g/mol. The van der Waals surface area contributed by atoms with E-state index >= 15 is 0 Å². The molecule has 0 spiro atoms. The fraction of sp³-hybridized carbons (Fsp3) is 0.538. The fourth-order valence-corrected chi connectivity index (χ4v) is 2.37. The molecule has 0 bridgehead atoms. The SMILES string of the molecule is C[C@@H](NC1CCN(C(N)=O)CC1)c1ccncc1. The Labute approximate surface area is 107 Å². The molecule has 2 rings (SSSR count). The summed E-state index contributed by atoms with van der Waals surface area (Å²) in [5.74, 6) is 0. The van der Waals surface area contributed by atoms with Crippen molar-refractivity contribution in [3.8, 4) is 0 Å². The lowest BCUT2D eigenvalue weighted by atomic mass is 10.0. The summed E-state index contributed by atoms with van der Waals surface area (Å²) in [6.07, 6.45) is 5.53. The summed E-state index contributed by atoms with van der Waals surface area (Å²) in [5.41, 5.74) is 6.50. The summed E-state index contributed by atoms with van der Waals surface area (Å²) in [6.45, 7) is 3.64. The van der Waals surface area contributed by atoms with Gasteiger partial charge in [-0.1, -0.05) is 0 Å². The highest BCUT2D eigenvalue weighted by Gasteiger charge is 2.22. The first-order chi connectivity index (χ1) is 8.66. The second-order valence-corrected chi connectivity index (χ2v) is 4.77. The second kappa shape index (κ2) is 5.82. The zero-order valence-corrected chi connectivity index (χ0v) is 10.7. The van der Waals surface area contributed by atoms with E-state index in [0.717, 1.165) is 25.9 Å². The van der Waals surface area contributed by atoms with Gasteiger partial charge in [-0.2, -0.15) is 0 Å². The van der Waals surface area contributed by atoms with Crippen LogP contribution < -0.4 is 11.1 Å². The minimum absolute atomic E-state index is 0.304. The molecule has 0 aliphatic carbocycles. The lowest BCUT2D eigenvalue weighted by molar-refractivity contribution is 0.183. The summed E-state index contributed by atoms with van der Waals surface area (Å²) >= 11 is 0. The number of nitrogens with one attached hydrogen (secondary N) is 1. The van der Waals surface area contributed by atoms with E-state index < -0.39 is 0 Å². The van der Waals surface area contributed by atoms with Gasteiger partial charge in [-0.15, -0.1) is 0 Å². The zero-order chi connectivity index (χ0) is 13.0. The number of nitrogens with two attached hydrogens (primary N) is 1. The number of likely N-dealkylation sites (tertiary alicyclic amines) is 1. The first-order valence-electron chi connectivity index (χ1n) is 6.37. The van der Waals surface area contributed by atoms with Gasteiger partial charge in [0.15, 0.2) is 0 Å². The average Bonchev–Trinajstić information content (AvgIpc) is 2.40. The predicted octanol–water partition coefficient (Wildman–Crippen LogP) is 1.28. The number of carbonyl (C=O) groups is 1. The van der Waals surface area contributed by atoms with Gasteiger partial charge in [-0.25, -0.2) is 4.79 Å². The van der Waals surface area contributed by atoms with E-state index in [-0.39, 0.29) is 6.03 Å². The molecular formula is C13H20N4O. The molecule has 3 N–H and O–H groups in total. The third-order valence-electron chi connectivity index (χ3n) is 3.50. The van der Waals surface area contributed by atoms with Gasteiger partial charge in [0.05, 0.1) is 0 Å². The van der Waals surface area contributed by atoms with Crippen molar-refractivity contribution in [3.63, 3.8) is 0 Å². The van der Waals surface area contributed by atoms with Crippen LogP contribution in [0.3, 0.4) is 0 Å². The Balaban J connectivity index is 1.83. The summed E-state index contributed by atoms with van der Waals surface area (Å²) in [6, 6.07) is 4.49. The molecule has 1 aromatic rings. The number of nitrogens with zero attached hydrogens (tertiary/aromatic N) is 2. The largest absolute Gasteiger partial charge is 0.351 e. The molecule has 18 heavy (non-hydrogen) atoms. The summed E-state index contributed by atoms with van der Waals surface area (Å²) in [7, 11) is 0. The van der Waals surface area contributed by atoms with E-state index in [2.05, 4.69) is 17.2 Å². The van der Waals surface area contributed by atoms with Gasteiger partial charge < -0.3 is 16.0 Å². The van der Waals surface area contributed by atoms with Crippen molar-refractivity contribution in [2.75, 3.05) is 13.1 Å². The maximum atomic E-state index is 11.0. The molecule has 0 aromatic carbocycles. The fourth-order valence-electron chi connectivity index (χ4n) is 2.37. The van der Waals surface area contributed by atoms with Gasteiger partial charge in [-0.05, 0) is 37.5 Å². The number of hydrogen-bond donors (Lipinski definition) is 2. The van der Waals surface area contributed by atoms with Crippen LogP contribution in [0.4, 0.5) is 4.79 Å². The molecule has 0 unspecified atom stereocenters. The van der Waals surface area contributed by atoms with Crippen molar-refractivity contribution >= 4 is 6.03 Å². The van der Waals surface area contributed by atoms with Gasteiger partial charge >= 0.3 is 6.03 Å². The Morgan fingerprint density at radius 2 is 2.06 bits per heavy atom. The molecule has 0 saturated carbocycles. The molecule has 1 fully saturated rings. The highest BCUT2D eigenvalue weighted by Crippen LogP contribution is 2.16. The normalized spacial score (nSPS) is 18.6. The molecular weight excluding hydrogens is 228 g/mol. The Morgan fingerprint density at radius 1 is 1.44 bits per heavy atom. The Hall–Kier alpha value is -1.62. The van der Waals surface area contributed by atoms with Crippen LogP contribution in [0.5, 0.6) is 0 Å². The molecule has 1 saturated heterocycles. The molecule has 5 heteroatoms. The van der Waals surface area contributed by atoms with E-state index in [1.165, 1.54) is 5.56 Å². The van der Waals surface area contributed by atoms with E-state index in [1.807, 2.05) is 24.5 Å². The lowest BCUT2D eigenvalue weighted by Gasteiger charge is -2.33. The third-order valence-corrected chi connectivity index (χ3v) is 3.50.